The zero-order chi connectivity index (χ0) is 16.8. The lowest BCUT2D eigenvalue weighted by Crippen LogP contribution is -2.14. The first kappa shape index (κ1) is 15.9. The fourth-order valence-corrected chi connectivity index (χ4v) is 2.21. The largest absolute Gasteiger partial charge is 0.364 e. The summed E-state index contributed by atoms with van der Waals surface area (Å²) in [6, 6.07) is 11.9. The molecule has 0 spiro atoms. The zero-order valence-electron chi connectivity index (χ0n) is 13.8. The van der Waals surface area contributed by atoms with Crippen LogP contribution in [0.3, 0.4) is 0 Å². The number of hydrogen-bond acceptors (Lipinski definition) is 6. The molecule has 0 bridgehead atoms. The van der Waals surface area contributed by atoms with Crippen LogP contribution < -0.4 is 10.6 Å². The molecule has 3 rings (SSSR count). The lowest BCUT2D eigenvalue weighted by atomic mass is 10.2. The average molecular weight is 320 g/mol. The van der Waals surface area contributed by atoms with E-state index in [9.17, 15) is 0 Å². The molecule has 6 nitrogen and oxygen atoms in total. The lowest BCUT2D eigenvalue weighted by Gasteiger charge is -2.13. The van der Waals surface area contributed by atoms with Crippen LogP contribution in [0, 0.1) is 0 Å². The Morgan fingerprint density at radius 3 is 2.67 bits per heavy atom. The van der Waals surface area contributed by atoms with Gasteiger partial charge >= 0.3 is 0 Å². The molecule has 6 heteroatoms. The van der Waals surface area contributed by atoms with Crippen LogP contribution in [0.5, 0.6) is 0 Å². The highest BCUT2D eigenvalue weighted by Gasteiger charge is 2.08. The summed E-state index contributed by atoms with van der Waals surface area (Å²) in [5.41, 5.74) is 2.73. The first-order valence-corrected chi connectivity index (χ1v) is 7.90. The van der Waals surface area contributed by atoms with E-state index < -0.39 is 0 Å². The quantitative estimate of drug-likeness (QED) is 0.725. The minimum Gasteiger partial charge on any atom is -0.364 e. The predicted molar refractivity (Wildman–Crippen MR) is 95.6 cm³/mol. The van der Waals surface area contributed by atoms with E-state index in [0.29, 0.717) is 12.5 Å². The van der Waals surface area contributed by atoms with Gasteiger partial charge in [-0.3, -0.25) is 9.97 Å². The van der Waals surface area contributed by atoms with Gasteiger partial charge in [0.05, 0.1) is 17.9 Å². The Bertz CT molecular complexity index is 774. The van der Waals surface area contributed by atoms with Crippen molar-refractivity contribution in [3.05, 3.63) is 60.7 Å². The third kappa shape index (κ3) is 4.25. The molecule has 3 aromatic heterocycles. The van der Waals surface area contributed by atoms with E-state index in [4.69, 9.17) is 0 Å². The van der Waals surface area contributed by atoms with E-state index in [0.717, 1.165) is 22.8 Å². The summed E-state index contributed by atoms with van der Waals surface area (Å²) in [5, 5.41) is 6.57. The van der Waals surface area contributed by atoms with Gasteiger partial charge in [0.2, 0.25) is 5.95 Å². The van der Waals surface area contributed by atoms with Crippen LogP contribution in [-0.2, 0) is 6.54 Å². The number of hydrogen-bond donors (Lipinski definition) is 2. The van der Waals surface area contributed by atoms with E-state index in [1.807, 2.05) is 36.4 Å². The monoisotopic (exact) mass is 320 g/mol. The van der Waals surface area contributed by atoms with Crippen molar-refractivity contribution in [1.82, 2.24) is 19.9 Å². The number of aromatic nitrogens is 4. The topological polar surface area (TPSA) is 75.6 Å². The second kappa shape index (κ2) is 7.50. The highest BCUT2D eigenvalue weighted by Crippen LogP contribution is 2.21. The molecule has 24 heavy (non-hydrogen) atoms. The van der Waals surface area contributed by atoms with E-state index in [1.54, 1.807) is 18.6 Å². The number of nitrogens with one attached hydrogen (secondary N) is 2. The molecular formula is C18H20N6. The summed E-state index contributed by atoms with van der Waals surface area (Å²) in [4.78, 5) is 17.6. The molecule has 0 aliphatic rings. The summed E-state index contributed by atoms with van der Waals surface area (Å²) in [5.74, 6) is 1.34. The second-order valence-electron chi connectivity index (χ2n) is 5.68. The molecule has 0 aliphatic heterocycles. The summed E-state index contributed by atoms with van der Waals surface area (Å²) in [6.07, 6.45) is 5.33. The van der Waals surface area contributed by atoms with E-state index in [1.165, 1.54) is 0 Å². The Hall–Kier alpha value is -3.02. The molecule has 0 saturated heterocycles. The van der Waals surface area contributed by atoms with Gasteiger partial charge in [-0.1, -0.05) is 6.07 Å². The van der Waals surface area contributed by atoms with Crippen LogP contribution in [0.2, 0.25) is 0 Å². The maximum atomic E-state index is 4.58. The standard InChI is InChI=1S/C18H20N6/c1-13(2)22-18-23-16(14-6-5-8-19-11-14)10-17(24-18)21-12-15-7-3-4-9-20-15/h3-11,13H,12H2,1-2H3,(H2,21,22,23,24). The van der Waals surface area contributed by atoms with E-state index in [-0.39, 0.29) is 6.04 Å². The third-order valence-electron chi connectivity index (χ3n) is 3.28. The van der Waals surface area contributed by atoms with Crippen molar-refractivity contribution in [1.29, 1.82) is 0 Å². The second-order valence-corrected chi connectivity index (χ2v) is 5.68. The molecule has 0 aliphatic carbocycles. The molecule has 3 aromatic rings. The van der Waals surface area contributed by atoms with Crippen LogP contribution in [0.4, 0.5) is 11.8 Å². The van der Waals surface area contributed by atoms with Crippen molar-refractivity contribution in [3.8, 4) is 11.3 Å². The number of pyridine rings is 2. The molecule has 0 fully saturated rings. The smallest absolute Gasteiger partial charge is 0.225 e. The first-order valence-electron chi connectivity index (χ1n) is 7.90. The summed E-state index contributed by atoms with van der Waals surface area (Å²) < 4.78 is 0. The molecule has 122 valence electrons. The Labute approximate surface area is 141 Å². The summed E-state index contributed by atoms with van der Waals surface area (Å²) >= 11 is 0. The fourth-order valence-electron chi connectivity index (χ4n) is 2.21. The molecule has 0 atom stereocenters. The number of anilines is 2. The predicted octanol–water partition coefficient (Wildman–Crippen LogP) is 3.37. The summed E-state index contributed by atoms with van der Waals surface area (Å²) in [7, 11) is 0. The van der Waals surface area contributed by atoms with Gasteiger partial charge < -0.3 is 10.6 Å². The summed E-state index contributed by atoms with van der Waals surface area (Å²) in [6.45, 7) is 4.72. The van der Waals surface area contributed by atoms with Gasteiger partial charge in [0.1, 0.15) is 5.82 Å². The van der Waals surface area contributed by atoms with Crippen molar-refractivity contribution < 1.29 is 0 Å². The van der Waals surface area contributed by atoms with Gasteiger partial charge in [0, 0.05) is 36.3 Å². The van der Waals surface area contributed by atoms with Gasteiger partial charge in [-0.05, 0) is 38.1 Å². The molecule has 0 saturated carbocycles. The van der Waals surface area contributed by atoms with Crippen molar-refractivity contribution in [2.24, 2.45) is 0 Å². The Morgan fingerprint density at radius 2 is 1.96 bits per heavy atom. The first-order chi connectivity index (χ1) is 11.7. The van der Waals surface area contributed by atoms with Crippen LogP contribution in [0.25, 0.3) is 11.3 Å². The normalized spacial score (nSPS) is 10.6. The number of nitrogens with zero attached hydrogens (tertiary/aromatic N) is 4. The molecular weight excluding hydrogens is 300 g/mol. The highest BCUT2D eigenvalue weighted by atomic mass is 15.2. The van der Waals surface area contributed by atoms with Gasteiger partial charge in [-0.25, -0.2) is 4.98 Å². The van der Waals surface area contributed by atoms with Gasteiger partial charge in [0.25, 0.3) is 0 Å². The Balaban J connectivity index is 1.87. The van der Waals surface area contributed by atoms with Crippen LogP contribution in [0.1, 0.15) is 19.5 Å². The SMILES string of the molecule is CC(C)Nc1nc(NCc2ccccn2)cc(-c2cccnc2)n1. The maximum Gasteiger partial charge on any atom is 0.225 e. The number of rotatable bonds is 6. The molecule has 3 heterocycles. The van der Waals surface area contributed by atoms with Crippen LogP contribution in [0.15, 0.2) is 55.0 Å². The van der Waals surface area contributed by atoms with Crippen molar-refractivity contribution >= 4 is 11.8 Å². The molecule has 0 aromatic carbocycles. The van der Waals surface area contributed by atoms with Crippen molar-refractivity contribution in [2.45, 2.75) is 26.4 Å². The molecule has 0 amide bonds. The minimum absolute atomic E-state index is 0.248. The van der Waals surface area contributed by atoms with E-state index >= 15 is 0 Å². The molecule has 2 N–H and O–H groups in total. The maximum absolute atomic E-state index is 4.58. The van der Waals surface area contributed by atoms with Crippen LogP contribution >= 0.6 is 0 Å². The van der Waals surface area contributed by atoms with Crippen LogP contribution in [-0.4, -0.2) is 26.0 Å². The fraction of sp³-hybridized carbons (Fsp3) is 0.222. The highest BCUT2D eigenvalue weighted by molar-refractivity contribution is 5.63. The lowest BCUT2D eigenvalue weighted by molar-refractivity contribution is 0.874. The van der Waals surface area contributed by atoms with Gasteiger partial charge in [-0.15, -0.1) is 0 Å². The van der Waals surface area contributed by atoms with Gasteiger partial charge in [0.15, 0.2) is 0 Å². The third-order valence-corrected chi connectivity index (χ3v) is 3.28. The average Bonchev–Trinajstić information content (AvgIpc) is 2.61. The van der Waals surface area contributed by atoms with Crippen molar-refractivity contribution in [2.75, 3.05) is 10.6 Å². The van der Waals surface area contributed by atoms with E-state index in [2.05, 4.69) is 44.4 Å². The molecule has 0 unspecified atom stereocenters. The van der Waals surface area contributed by atoms with Gasteiger partial charge in [-0.2, -0.15) is 4.98 Å². The molecule has 0 radical (unpaired) electrons. The Kier molecular flexibility index (Phi) is 4.96. The zero-order valence-corrected chi connectivity index (χ0v) is 13.8. The minimum atomic E-state index is 0.248. The Morgan fingerprint density at radius 1 is 1.04 bits per heavy atom. The van der Waals surface area contributed by atoms with Crippen molar-refractivity contribution in [3.63, 3.8) is 0 Å².